The number of aryl methyl sites for hydroxylation is 1. The Balaban J connectivity index is 1.51. The first-order valence-electron chi connectivity index (χ1n) is 11.7. The fourth-order valence-electron chi connectivity index (χ4n) is 4.10. The zero-order valence-electron chi connectivity index (χ0n) is 20.0. The van der Waals surface area contributed by atoms with Gasteiger partial charge >= 0.3 is 0 Å². The van der Waals surface area contributed by atoms with E-state index in [9.17, 15) is 22.4 Å². The summed E-state index contributed by atoms with van der Waals surface area (Å²) in [5.41, 5.74) is 2.85. The third-order valence-electron chi connectivity index (χ3n) is 6.14. The molecule has 1 N–H and O–H groups in total. The van der Waals surface area contributed by atoms with Crippen molar-refractivity contribution < 1.29 is 22.4 Å². The van der Waals surface area contributed by atoms with E-state index in [1.54, 1.807) is 17.0 Å². The van der Waals surface area contributed by atoms with Crippen LogP contribution < -0.4 is 9.62 Å². The predicted octanol–water partition coefficient (Wildman–Crippen LogP) is 3.77. The normalized spacial score (nSPS) is 13.6. The number of hydrogen-bond acceptors (Lipinski definition) is 4. The molecule has 9 heteroatoms. The van der Waals surface area contributed by atoms with E-state index in [-0.39, 0.29) is 23.0 Å². The number of halogens is 1. The molecule has 1 fully saturated rings. The Bertz CT molecular complexity index is 1340. The average Bonchev–Trinajstić information content (AvgIpc) is 3.27. The second-order valence-electron chi connectivity index (χ2n) is 8.77. The van der Waals surface area contributed by atoms with Crippen molar-refractivity contribution in [1.29, 1.82) is 0 Å². The summed E-state index contributed by atoms with van der Waals surface area (Å²) in [5.74, 6) is -0.906. The number of likely N-dealkylation sites (tertiary alicyclic amines) is 1. The number of sulfonamides is 1. The topological polar surface area (TPSA) is 86.8 Å². The van der Waals surface area contributed by atoms with Crippen LogP contribution in [0.4, 0.5) is 10.1 Å². The first kappa shape index (κ1) is 25.4. The molecule has 4 rings (SSSR count). The first-order valence-corrected chi connectivity index (χ1v) is 13.1. The predicted molar refractivity (Wildman–Crippen MR) is 135 cm³/mol. The third kappa shape index (κ3) is 5.91. The van der Waals surface area contributed by atoms with Crippen molar-refractivity contribution in [2.45, 2.75) is 37.8 Å². The molecule has 0 aromatic heterocycles. The number of hydrogen-bond donors (Lipinski definition) is 1. The molecular weight excluding hydrogens is 481 g/mol. The van der Waals surface area contributed by atoms with Gasteiger partial charge in [-0.25, -0.2) is 12.8 Å². The van der Waals surface area contributed by atoms with Crippen LogP contribution in [0.5, 0.6) is 0 Å². The van der Waals surface area contributed by atoms with Gasteiger partial charge in [0.1, 0.15) is 12.4 Å². The molecule has 1 aliphatic rings. The number of rotatable bonds is 9. The monoisotopic (exact) mass is 509 g/mol. The van der Waals surface area contributed by atoms with E-state index in [0.29, 0.717) is 19.5 Å². The quantitative estimate of drug-likeness (QED) is 0.476. The Morgan fingerprint density at radius 2 is 1.67 bits per heavy atom. The minimum atomic E-state index is -4.09. The largest absolute Gasteiger partial charge is 0.350 e. The number of nitrogens with zero attached hydrogens (tertiary/aromatic N) is 2. The lowest BCUT2D eigenvalue weighted by Crippen LogP contribution is -2.40. The molecule has 3 aromatic carbocycles. The fourth-order valence-corrected chi connectivity index (χ4v) is 5.52. The van der Waals surface area contributed by atoms with Crippen LogP contribution in [0.3, 0.4) is 0 Å². The van der Waals surface area contributed by atoms with Crippen molar-refractivity contribution in [3.8, 4) is 0 Å². The van der Waals surface area contributed by atoms with E-state index in [2.05, 4.69) is 5.32 Å². The number of carbonyl (C=O) groups is 2. The summed E-state index contributed by atoms with van der Waals surface area (Å²) in [6.45, 7) is 2.73. The van der Waals surface area contributed by atoms with Gasteiger partial charge < -0.3 is 10.2 Å². The molecule has 3 aromatic rings. The molecule has 0 spiro atoms. The molecule has 0 aliphatic carbocycles. The summed E-state index contributed by atoms with van der Waals surface area (Å²) in [7, 11) is -4.09. The molecule has 1 aliphatic heterocycles. The number of nitrogens with one attached hydrogen (secondary N) is 1. The van der Waals surface area contributed by atoms with Gasteiger partial charge in [-0.15, -0.1) is 0 Å². The molecule has 0 unspecified atom stereocenters. The highest BCUT2D eigenvalue weighted by molar-refractivity contribution is 7.92. The van der Waals surface area contributed by atoms with Crippen LogP contribution in [0.25, 0.3) is 0 Å². The lowest BCUT2D eigenvalue weighted by molar-refractivity contribution is -0.128. The molecule has 0 radical (unpaired) electrons. The molecule has 188 valence electrons. The van der Waals surface area contributed by atoms with Gasteiger partial charge in [0.2, 0.25) is 11.8 Å². The van der Waals surface area contributed by atoms with Crippen molar-refractivity contribution >= 4 is 27.5 Å². The third-order valence-corrected chi connectivity index (χ3v) is 7.93. The number of anilines is 1. The van der Waals surface area contributed by atoms with Crippen molar-refractivity contribution in [3.63, 3.8) is 0 Å². The average molecular weight is 510 g/mol. The lowest BCUT2D eigenvalue weighted by Gasteiger charge is -2.24. The van der Waals surface area contributed by atoms with Gasteiger partial charge in [-0.3, -0.25) is 13.9 Å². The minimum Gasteiger partial charge on any atom is -0.350 e. The van der Waals surface area contributed by atoms with Crippen molar-refractivity contribution in [3.05, 3.63) is 95.3 Å². The van der Waals surface area contributed by atoms with Gasteiger partial charge in [0.15, 0.2) is 0 Å². The lowest BCUT2D eigenvalue weighted by atomic mass is 10.1. The molecule has 36 heavy (non-hydrogen) atoms. The van der Waals surface area contributed by atoms with Gasteiger partial charge in [-0.1, -0.05) is 42.0 Å². The summed E-state index contributed by atoms with van der Waals surface area (Å²) in [6, 6.07) is 18.8. The fraction of sp³-hybridized carbons (Fsp3) is 0.259. The Morgan fingerprint density at radius 3 is 2.31 bits per heavy atom. The van der Waals surface area contributed by atoms with Crippen LogP contribution in [-0.4, -0.2) is 38.2 Å². The number of amides is 2. The highest BCUT2D eigenvalue weighted by atomic mass is 32.2. The molecule has 0 atom stereocenters. The van der Waals surface area contributed by atoms with Gasteiger partial charge in [-0.2, -0.15) is 0 Å². The standard InChI is InChI=1S/C27H28FN3O4S/c1-20-8-14-25(15-9-20)36(34,35)31(24-12-10-23(28)11-13-24)19-26(32)29-17-21-5-2-3-6-22(21)18-30-16-4-7-27(30)33/h2-3,5-6,8-15H,4,7,16-19H2,1H3,(H,29,32). The van der Waals surface area contributed by atoms with Crippen molar-refractivity contribution in [2.75, 3.05) is 17.4 Å². The van der Waals surface area contributed by atoms with Crippen LogP contribution in [0.15, 0.2) is 77.7 Å². The van der Waals surface area contributed by atoms with Gasteiger partial charge in [0, 0.05) is 26.1 Å². The minimum absolute atomic E-state index is 0.0332. The molecule has 0 saturated carbocycles. The van der Waals surface area contributed by atoms with Crippen LogP contribution in [0, 0.1) is 12.7 Å². The summed E-state index contributed by atoms with van der Waals surface area (Å²) in [5, 5.41) is 2.80. The van der Waals surface area contributed by atoms with Crippen LogP contribution in [-0.2, 0) is 32.7 Å². The maximum Gasteiger partial charge on any atom is 0.264 e. The highest BCUT2D eigenvalue weighted by Crippen LogP contribution is 2.24. The Labute approximate surface area is 210 Å². The summed E-state index contributed by atoms with van der Waals surface area (Å²) >= 11 is 0. The molecule has 1 saturated heterocycles. The van der Waals surface area contributed by atoms with E-state index in [1.807, 2.05) is 31.2 Å². The molecule has 7 nitrogen and oxygen atoms in total. The Morgan fingerprint density at radius 1 is 1.00 bits per heavy atom. The highest BCUT2D eigenvalue weighted by Gasteiger charge is 2.27. The van der Waals surface area contributed by atoms with Gasteiger partial charge in [-0.05, 0) is 60.9 Å². The van der Waals surface area contributed by atoms with Gasteiger partial charge in [0.25, 0.3) is 10.0 Å². The number of carbonyl (C=O) groups excluding carboxylic acids is 2. The SMILES string of the molecule is Cc1ccc(S(=O)(=O)N(CC(=O)NCc2ccccc2CN2CCCC2=O)c2ccc(F)cc2)cc1. The second kappa shape index (κ2) is 10.9. The smallest absolute Gasteiger partial charge is 0.264 e. The molecule has 0 bridgehead atoms. The van der Waals surface area contributed by atoms with Crippen LogP contribution in [0.1, 0.15) is 29.5 Å². The first-order chi connectivity index (χ1) is 17.2. The van der Waals surface area contributed by atoms with E-state index in [4.69, 9.17) is 0 Å². The maximum absolute atomic E-state index is 13.5. The molecule has 1 heterocycles. The van der Waals surface area contributed by atoms with Crippen molar-refractivity contribution in [1.82, 2.24) is 10.2 Å². The molecule has 2 amide bonds. The van der Waals surface area contributed by atoms with E-state index >= 15 is 0 Å². The maximum atomic E-state index is 13.5. The van der Waals surface area contributed by atoms with Crippen LogP contribution >= 0.6 is 0 Å². The summed E-state index contributed by atoms with van der Waals surface area (Å²) in [6.07, 6.45) is 1.39. The Hall–Kier alpha value is -3.72. The second-order valence-corrected chi connectivity index (χ2v) is 10.6. The summed E-state index contributed by atoms with van der Waals surface area (Å²) in [4.78, 5) is 26.8. The van der Waals surface area contributed by atoms with Gasteiger partial charge in [0.05, 0.1) is 10.6 Å². The van der Waals surface area contributed by atoms with Crippen LogP contribution in [0.2, 0.25) is 0 Å². The number of benzene rings is 3. The van der Waals surface area contributed by atoms with Crippen molar-refractivity contribution in [2.24, 2.45) is 0 Å². The zero-order chi connectivity index (χ0) is 25.7. The molecular formula is C27H28FN3O4S. The van der Waals surface area contributed by atoms with E-state index < -0.39 is 28.3 Å². The van der Waals surface area contributed by atoms with E-state index in [0.717, 1.165) is 39.5 Å². The Kier molecular flexibility index (Phi) is 7.69. The van der Waals surface area contributed by atoms with E-state index in [1.165, 1.54) is 24.3 Å². The zero-order valence-corrected chi connectivity index (χ0v) is 20.8. The summed E-state index contributed by atoms with van der Waals surface area (Å²) < 4.78 is 41.4.